The molecule has 0 aliphatic carbocycles. The Hall–Kier alpha value is -1.06. The first-order valence-corrected chi connectivity index (χ1v) is 6.81. The Labute approximate surface area is 113 Å². The quantitative estimate of drug-likeness (QED) is 0.907. The van der Waals surface area contributed by atoms with Crippen molar-refractivity contribution in [3.63, 3.8) is 0 Å². The van der Waals surface area contributed by atoms with Crippen LogP contribution in [-0.2, 0) is 0 Å². The molecule has 1 unspecified atom stereocenters. The molecule has 0 fully saturated rings. The molecule has 98 valence electrons. The molecule has 4 heteroatoms. The number of nitrogens with one attached hydrogen (secondary N) is 1. The van der Waals surface area contributed by atoms with Crippen LogP contribution in [0.25, 0.3) is 11.0 Å². The molecular formula is C14H20ClN3. The normalized spacial score (nSPS) is 13.4. The summed E-state index contributed by atoms with van der Waals surface area (Å²) in [6.45, 7) is 6.51. The summed E-state index contributed by atoms with van der Waals surface area (Å²) in [6.07, 6.45) is 1.01. The van der Waals surface area contributed by atoms with E-state index in [2.05, 4.69) is 30.7 Å². The van der Waals surface area contributed by atoms with Crippen molar-refractivity contribution >= 4 is 22.6 Å². The molecule has 0 saturated heterocycles. The van der Waals surface area contributed by atoms with Gasteiger partial charge in [-0.2, -0.15) is 0 Å². The first kappa shape index (κ1) is 13.4. The number of halogens is 1. The molecule has 0 aliphatic heterocycles. The first-order chi connectivity index (χ1) is 8.58. The highest BCUT2D eigenvalue weighted by molar-refractivity contribution is 6.31. The third kappa shape index (κ3) is 2.25. The number of imidazole rings is 1. The second-order valence-corrected chi connectivity index (χ2v) is 5.25. The molecule has 0 saturated carbocycles. The van der Waals surface area contributed by atoms with Gasteiger partial charge in [0.2, 0.25) is 0 Å². The van der Waals surface area contributed by atoms with Crippen molar-refractivity contribution < 1.29 is 0 Å². The van der Waals surface area contributed by atoms with E-state index in [0.29, 0.717) is 6.04 Å². The van der Waals surface area contributed by atoms with Crippen LogP contribution < -0.4 is 5.32 Å². The largest absolute Gasteiger partial charge is 0.324 e. The molecule has 1 heterocycles. The molecular weight excluding hydrogens is 246 g/mol. The van der Waals surface area contributed by atoms with Gasteiger partial charge in [0.25, 0.3) is 0 Å². The van der Waals surface area contributed by atoms with Crippen molar-refractivity contribution in [3.05, 3.63) is 29.0 Å². The summed E-state index contributed by atoms with van der Waals surface area (Å²) in [5.41, 5.74) is 2.12. The number of rotatable bonds is 4. The van der Waals surface area contributed by atoms with Gasteiger partial charge in [-0.05, 0) is 45.5 Å². The number of fused-ring (bicyclic) bond motifs is 1. The van der Waals surface area contributed by atoms with Gasteiger partial charge < -0.3 is 9.88 Å². The van der Waals surface area contributed by atoms with Crippen LogP contribution in [0.5, 0.6) is 0 Å². The topological polar surface area (TPSA) is 29.9 Å². The average molecular weight is 266 g/mol. The van der Waals surface area contributed by atoms with Gasteiger partial charge in [0.05, 0.1) is 17.1 Å². The molecule has 0 aliphatic rings. The molecule has 1 atom stereocenters. The Balaban J connectivity index is 2.69. The van der Waals surface area contributed by atoms with Crippen molar-refractivity contribution in [3.8, 4) is 0 Å². The summed E-state index contributed by atoms with van der Waals surface area (Å²) in [5, 5.41) is 4.08. The summed E-state index contributed by atoms with van der Waals surface area (Å²) < 4.78 is 2.27. The van der Waals surface area contributed by atoms with Crippen LogP contribution in [0.1, 0.15) is 45.1 Å². The smallest absolute Gasteiger partial charge is 0.127 e. The third-order valence-corrected chi connectivity index (χ3v) is 3.50. The third-order valence-electron chi connectivity index (χ3n) is 3.26. The fraction of sp³-hybridized carbons (Fsp3) is 0.500. The fourth-order valence-corrected chi connectivity index (χ4v) is 2.56. The maximum Gasteiger partial charge on any atom is 0.127 e. The Bertz CT molecular complexity index is 541. The Morgan fingerprint density at radius 1 is 1.39 bits per heavy atom. The molecule has 0 radical (unpaired) electrons. The second-order valence-electron chi connectivity index (χ2n) is 4.82. The monoisotopic (exact) mass is 265 g/mol. The minimum Gasteiger partial charge on any atom is -0.324 e. The van der Waals surface area contributed by atoms with Crippen LogP contribution in [0.4, 0.5) is 0 Å². The number of hydrogen-bond acceptors (Lipinski definition) is 2. The lowest BCUT2D eigenvalue weighted by molar-refractivity contribution is 0.486. The second kappa shape index (κ2) is 5.29. The predicted octanol–water partition coefficient (Wildman–Crippen LogP) is 3.94. The molecule has 18 heavy (non-hydrogen) atoms. The lowest BCUT2D eigenvalue weighted by Gasteiger charge is -2.19. The Kier molecular flexibility index (Phi) is 3.93. The van der Waals surface area contributed by atoms with E-state index >= 15 is 0 Å². The van der Waals surface area contributed by atoms with Crippen LogP contribution in [0.3, 0.4) is 0 Å². The van der Waals surface area contributed by atoms with Gasteiger partial charge in [0.15, 0.2) is 0 Å². The lowest BCUT2D eigenvalue weighted by atomic mass is 10.2. The van der Waals surface area contributed by atoms with Crippen LogP contribution in [0.15, 0.2) is 18.2 Å². The summed E-state index contributed by atoms with van der Waals surface area (Å²) in [4.78, 5) is 4.76. The van der Waals surface area contributed by atoms with Gasteiger partial charge in [-0.1, -0.05) is 18.5 Å². The highest BCUT2D eigenvalue weighted by atomic mass is 35.5. The van der Waals surface area contributed by atoms with Crippen molar-refractivity contribution in [1.82, 2.24) is 14.9 Å². The molecule has 3 nitrogen and oxygen atoms in total. The molecule has 0 bridgehead atoms. The van der Waals surface area contributed by atoms with E-state index in [-0.39, 0.29) is 6.04 Å². The lowest BCUT2D eigenvalue weighted by Crippen LogP contribution is -2.21. The van der Waals surface area contributed by atoms with Crippen molar-refractivity contribution in [2.75, 3.05) is 7.05 Å². The highest BCUT2D eigenvalue weighted by Gasteiger charge is 2.19. The van der Waals surface area contributed by atoms with Gasteiger partial charge >= 0.3 is 0 Å². The summed E-state index contributed by atoms with van der Waals surface area (Å²) in [7, 11) is 1.98. The van der Waals surface area contributed by atoms with Gasteiger partial charge in [-0.25, -0.2) is 4.98 Å². The molecule has 0 spiro atoms. The summed E-state index contributed by atoms with van der Waals surface area (Å²) in [5.74, 6) is 1.09. The van der Waals surface area contributed by atoms with Gasteiger partial charge in [0.1, 0.15) is 5.82 Å². The highest BCUT2D eigenvalue weighted by Crippen LogP contribution is 2.28. The number of nitrogens with zero attached hydrogens (tertiary/aromatic N) is 2. The van der Waals surface area contributed by atoms with E-state index in [1.54, 1.807) is 0 Å². The van der Waals surface area contributed by atoms with E-state index in [1.165, 1.54) is 0 Å². The molecule has 1 aromatic carbocycles. The maximum absolute atomic E-state index is 6.10. The van der Waals surface area contributed by atoms with E-state index < -0.39 is 0 Å². The molecule has 1 N–H and O–H groups in total. The number of benzene rings is 1. The van der Waals surface area contributed by atoms with E-state index in [9.17, 15) is 0 Å². The fourth-order valence-electron chi connectivity index (χ4n) is 2.39. The molecule has 2 rings (SSSR count). The predicted molar refractivity (Wildman–Crippen MR) is 77.2 cm³/mol. The zero-order valence-corrected chi connectivity index (χ0v) is 12.1. The minimum absolute atomic E-state index is 0.276. The maximum atomic E-state index is 6.10. The minimum atomic E-state index is 0.276. The molecule has 1 aromatic heterocycles. The first-order valence-electron chi connectivity index (χ1n) is 6.43. The van der Waals surface area contributed by atoms with Crippen molar-refractivity contribution in [2.24, 2.45) is 0 Å². The summed E-state index contributed by atoms with van der Waals surface area (Å²) in [6, 6.07) is 6.52. The van der Waals surface area contributed by atoms with Crippen molar-refractivity contribution in [2.45, 2.75) is 39.3 Å². The van der Waals surface area contributed by atoms with E-state index in [4.69, 9.17) is 16.6 Å². The Morgan fingerprint density at radius 3 is 2.67 bits per heavy atom. The van der Waals surface area contributed by atoms with Gasteiger partial charge in [-0.15, -0.1) is 0 Å². The van der Waals surface area contributed by atoms with Crippen molar-refractivity contribution in [1.29, 1.82) is 0 Å². The number of hydrogen-bond donors (Lipinski definition) is 1. The van der Waals surface area contributed by atoms with Crippen LogP contribution in [0, 0.1) is 0 Å². The average Bonchev–Trinajstić information content (AvgIpc) is 2.69. The van der Waals surface area contributed by atoms with Crippen LogP contribution in [-0.4, -0.2) is 16.6 Å². The van der Waals surface area contributed by atoms with Crippen LogP contribution >= 0.6 is 11.6 Å². The summed E-state index contributed by atoms with van der Waals surface area (Å²) >= 11 is 6.10. The Morgan fingerprint density at radius 2 is 2.11 bits per heavy atom. The SMILES string of the molecule is CCC(NC)c1nc2ccc(Cl)cc2n1C(C)C. The van der Waals surface area contributed by atoms with Gasteiger partial charge in [-0.3, -0.25) is 0 Å². The standard InChI is InChI=1S/C14H20ClN3/c1-5-11(16-4)14-17-12-7-6-10(15)8-13(12)18(14)9(2)3/h6-9,11,16H,5H2,1-4H3. The zero-order valence-electron chi connectivity index (χ0n) is 11.4. The molecule has 0 amide bonds. The molecule has 2 aromatic rings. The van der Waals surface area contributed by atoms with E-state index in [1.807, 2.05) is 25.2 Å². The van der Waals surface area contributed by atoms with Crippen LogP contribution in [0.2, 0.25) is 5.02 Å². The van der Waals surface area contributed by atoms with E-state index in [0.717, 1.165) is 28.3 Å². The number of aromatic nitrogens is 2. The zero-order chi connectivity index (χ0) is 13.3. The van der Waals surface area contributed by atoms with Gasteiger partial charge in [0, 0.05) is 11.1 Å².